The number of amides is 1. The van der Waals surface area contributed by atoms with E-state index in [1.807, 2.05) is 6.08 Å². The number of fused-ring (bicyclic) bond motifs is 8. The number of hydrogen-bond donors (Lipinski definition) is 3. The number of carboxylic acid groups (broad SMARTS) is 1. The minimum Gasteiger partial charge on any atom is -0.480 e. The highest BCUT2D eigenvalue weighted by molar-refractivity contribution is 8.26. The van der Waals surface area contributed by atoms with Crippen molar-refractivity contribution >= 4 is 92.2 Å². The van der Waals surface area contributed by atoms with Gasteiger partial charge in [0.2, 0.25) is 0 Å². The van der Waals surface area contributed by atoms with E-state index < -0.39 is 12.5 Å². The lowest BCUT2D eigenvalue weighted by atomic mass is 9.59. The molecular weight excluding hydrogens is 1180 g/mol. The van der Waals surface area contributed by atoms with Gasteiger partial charge in [-0.15, -0.1) is 0 Å². The molecule has 11 heteroatoms. The maximum atomic E-state index is 13.3. The predicted octanol–water partition coefficient (Wildman–Crippen LogP) is 21.8. The van der Waals surface area contributed by atoms with Crippen molar-refractivity contribution in [1.82, 2.24) is 24.8 Å². The first-order valence-electron chi connectivity index (χ1n) is 36.4. The number of anilines is 1. The van der Waals surface area contributed by atoms with Crippen molar-refractivity contribution in [2.24, 2.45) is 79.8 Å². The molecule has 1 saturated heterocycles. The number of rotatable bonds is 8. The molecule has 3 aliphatic heterocycles. The predicted molar refractivity (Wildman–Crippen MR) is 397 cm³/mol. The Labute approximate surface area is 570 Å². The lowest BCUT2D eigenvalue weighted by Gasteiger charge is -2.48. The van der Waals surface area contributed by atoms with Crippen molar-refractivity contribution in [2.45, 2.75) is 264 Å². The van der Waals surface area contributed by atoms with E-state index in [1.165, 1.54) is 120 Å². The number of aliphatic carboxylic acids is 1. The molecule has 5 saturated carbocycles. The molecule has 5 aliphatic carbocycles. The van der Waals surface area contributed by atoms with Crippen molar-refractivity contribution < 1.29 is 14.7 Å². The van der Waals surface area contributed by atoms with Gasteiger partial charge in [-0.3, -0.25) is 14.5 Å². The molecule has 11 rings (SSSR count). The molecule has 3 aromatic rings. The summed E-state index contributed by atoms with van der Waals surface area (Å²) in [6.07, 6.45) is 31.4. The third kappa shape index (κ3) is 15.4. The van der Waals surface area contributed by atoms with Gasteiger partial charge in [0.25, 0.3) is 5.91 Å². The molecule has 0 spiro atoms. The molecule has 504 valence electrons. The van der Waals surface area contributed by atoms with E-state index in [-0.39, 0.29) is 62.1 Å². The topological polar surface area (TPSA) is 118 Å². The Morgan fingerprint density at radius 3 is 1.30 bits per heavy atom. The third-order valence-corrected chi connectivity index (χ3v) is 25.9. The molecule has 93 heavy (non-hydrogen) atoms. The Morgan fingerprint density at radius 2 is 0.925 bits per heavy atom. The number of thioether (sulfide) groups is 1. The molecule has 8 aliphatic rings. The molecule has 6 fully saturated rings. The Kier molecular flexibility index (Phi) is 19.8. The SMILES string of the molecule is CC(C)(C)C1CCC(N(c2c3ccc([nH]3)c(C3CC(C(C)(C)C)CC(C(C)(C)C)C3)c3nc(c(C#CC4CCC(C=C5SC(=S)N(CC(=O)O)C5=O)CC4)c4nc(c(C5CC(C(C)(C)C)CC(C(C)(C)C)C5)c5ccc2[nH]5)C=C4)C=C3)C2CCC(C(C)(C)C)CC2)CC1. The molecule has 0 radical (unpaired) electrons. The van der Waals surface area contributed by atoms with Gasteiger partial charge in [-0.05, 0) is 250 Å². The van der Waals surface area contributed by atoms with Gasteiger partial charge >= 0.3 is 5.97 Å². The second-order valence-corrected chi connectivity index (χ2v) is 38.5. The maximum absolute atomic E-state index is 13.3. The minimum atomic E-state index is -1.07. The second-order valence-electron chi connectivity index (χ2n) is 36.8. The lowest BCUT2D eigenvalue weighted by molar-refractivity contribution is -0.140. The van der Waals surface area contributed by atoms with Gasteiger partial charge in [0.05, 0.1) is 50.0 Å². The van der Waals surface area contributed by atoms with Crippen LogP contribution < -0.4 is 4.90 Å². The molecule has 1 amide bonds. The highest BCUT2D eigenvalue weighted by Crippen LogP contribution is 2.55. The van der Waals surface area contributed by atoms with Gasteiger partial charge < -0.3 is 20.0 Å². The number of carboxylic acids is 1. The van der Waals surface area contributed by atoms with E-state index in [0.717, 1.165) is 79.7 Å². The summed E-state index contributed by atoms with van der Waals surface area (Å²) in [6, 6.07) is 10.7. The van der Waals surface area contributed by atoms with Crippen LogP contribution >= 0.6 is 24.0 Å². The highest BCUT2D eigenvalue weighted by Gasteiger charge is 2.45. The van der Waals surface area contributed by atoms with Crippen LogP contribution in [0.1, 0.15) is 292 Å². The number of thiocarbonyl (C=S) groups is 1. The van der Waals surface area contributed by atoms with E-state index >= 15 is 0 Å². The van der Waals surface area contributed by atoms with Crippen LogP contribution in [0.3, 0.4) is 0 Å². The van der Waals surface area contributed by atoms with Crippen LogP contribution in [0.4, 0.5) is 5.69 Å². The molecule has 4 atom stereocenters. The number of hydrogen-bond acceptors (Lipinski definition) is 7. The minimum absolute atomic E-state index is 0.142. The first kappa shape index (κ1) is 69.4. The quantitative estimate of drug-likeness (QED) is 0.0799. The fourth-order valence-corrected chi connectivity index (χ4v) is 19.5. The number of allylic oxidation sites excluding steroid dienone is 1. The molecule has 4 unspecified atom stereocenters. The Hall–Kier alpha value is -4.92. The van der Waals surface area contributed by atoms with Crippen molar-refractivity contribution in [1.29, 1.82) is 0 Å². The highest BCUT2D eigenvalue weighted by atomic mass is 32.2. The normalized spacial score (nSPS) is 29.0. The Morgan fingerprint density at radius 1 is 0.548 bits per heavy atom. The summed E-state index contributed by atoms with van der Waals surface area (Å²) in [4.78, 5) is 50.2. The molecule has 9 nitrogen and oxygen atoms in total. The first-order valence-corrected chi connectivity index (χ1v) is 37.6. The van der Waals surface area contributed by atoms with Crippen LogP contribution in [0.15, 0.2) is 35.2 Å². The van der Waals surface area contributed by atoms with Gasteiger partial charge in [-0.25, -0.2) is 9.97 Å². The number of nitrogens with one attached hydrogen (secondary N) is 2. The van der Waals surface area contributed by atoms with Gasteiger partial charge in [0.1, 0.15) is 10.9 Å². The summed E-state index contributed by atoms with van der Waals surface area (Å²) < 4.78 is 0.309. The van der Waals surface area contributed by atoms with Crippen LogP contribution in [0.25, 0.3) is 46.4 Å². The average Bonchev–Trinajstić information content (AvgIpc) is 1.69. The fourth-order valence-electron chi connectivity index (χ4n) is 18.1. The number of carbonyl (C=O) groups excluding carboxylic acids is 1. The maximum Gasteiger partial charge on any atom is 0.323 e. The van der Waals surface area contributed by atoms with Crippen LogP contribution in [0, 0.1) is 91.7 Å². The second kappa shape index (κ2) is 26.5. The Bertz CT molecular complexity index is 3400. The van der Waals surface area contributed by atoms with Crippen molar-refractivity contribution in [2.75, 3.05) is 11.4 Å². The zero-order chi connectivity index (χ0) is 67.1. The number of aromatic nitrogens is 4. The lowest BCUT2D eigenvalue weighted by Crippen LogP contribution is -2.48. The molecule has 6 heterocycles. The summed E-state index contributed by atoms with van der Waals surface area (Å²) in [5, 5.41) is 9.48. The largest absolute Gasteiger partial charge is 0.480 e. The van der Waals surface area contributed by atoms with Crippen molar-refractivity contribution in [3.8, 4) is 11.8 Å². The van der Waals surface area contributed by atoms with E-state index in [4.69, 9.17) is 22.2 Å². The summed E-state index contributed by atoms with van der Waals surface area (Å²) in [7, 11) is 0. The summed E-state index contributed by atoms with van der Waals surface area (Å²) in [6.45, 7) is 44.0. The molecule has 3 N–H and O–H groups in total. The van der Waals surface area contributed by atoms with Gasteiger partial charge in [0.15, 0.2) is 0 Å². The van der Waals surface area contributed by atoms with Crippen LogP contribution in [-0.4, -0.2) is 64.8 Å². The zero-order valence-electron chi connectivity index (χ0n) is 60.4. The van der Waals surface area contributed by atoms with Gasteiger partial charge in [0, 0.05) is 40.2 Å². The zero-order valence-corrected chi connectivity index (χ0v) is 62.1. The van der Waals surface area contributed by atoms with Crippen LogP contribution in [0.5, 0.6) is 0 Å². The third-order valence-electron chi connectivity index (χ3n) is 24.6. The molecular formula is C82H116N6O3S2. The van der Waals surface area contributed by atoms with Gasteiger partial charge in [-0.2, -0.15) is 0 Å². The van der Waals surface area contributed by atoms with Gasteiger partial charge in [-0.1, -0.05) is 167 Å². The Balaban J connectivity index is 1.15. The number of nitrogens with zero attached hydrogens (tertiary/aromatic N) is 4. The monoisotopic (exact) mass is 1300 g/mol. The first-order chi connectivity index (χ1) is 43.5. The van der Waals surface area contributed by atoms with Crippen molar-refractivity contribution in [3.63, 3.8) is 0 Å². The van der Waals surface area contributed by atoms with E-state index in [1.54, 1.807) is 0 Å². The van der Waals surface area contributed by atoms with E-state index in [9.17, 15) is 14.7 Å². The molecule has 0 aromatic carbocycles. The average molecular weight is 1300 g/mol. The smallest absolute Gasteiger partial charge is 0.323 e. The van der Waals surface area contributed by atoms with Crippen LogP contribution in [0.2, 0.25) is 0 Å². The number of H-pyrrole nitrogens is 2. The molecule has 8 bridgehead atoms. The van der Waals surface area contributed by atoms with Crippen LogP contribution in [-0.2, 0) is 9.59 Å². The van der Waals surface area contributed by atoms with E-state index in [0.29, 0.717) is 56.8 Å². The number of aromatic amines is 2. The summed E-state index contributed by atoms with van der Waals surface area (Å²) in [5.74, 6) is 10.8. The summed E-state index contributed by atoms with van der Waals surface area (Å²) in [5.41, 5.74) is 14.6. The summed E-state index contributed by atoms with van der Waals surface area (Å²) >= 11 is 6.68. The van der Waals surface area contributed by atoms with Crippen molar-refractivity contribution in [3.05, 3.63) is 74.7 Å². The fraction of sp³-hybridized carbons (Fsp3) is 0.671. The van der Waals surface area contributed by atoms with E-state index in [2.05, 4.69) is 200 Å². The standard InChI is InChI=1S/C82H116N6O3S2/c1-77(2,3)53-24-28-59(29-25-53)88(60-30-26-54(27-31-60)78(4,5)6)74-68-39-37-66(85-68)72(51-42-55(79(7,8)9)46-56(43-51)80(10,11)12)64-35-33-62(83-64)61(32-23-49-19-21-50(22-20-49)41-70-75(91)87(48-71(89)90)76(92)93-70)63-34-36-65(84-63)73(67-38-40-69(74)86-67)52-44-57(81(13,14)15)47-58(45-52)82(16,17)18/h33-41,49-60,85-86H,19-22,24-31,42-48H2,1-18H3,(H,89,90). The number of carbonyl (C=O) groups is 2. The molecule has 3 aromatic heterocycles.